The quantitative estimate of drug-likeness (QED) is 0.774. The van der Waals surface area contributed by atoms with E-state index in [1.807, 2.05) is 6.92 Å². The van der Waals surface area contributed by atoms with Gasteiger partial charge in [0.2, 0.25) is 5.60 Å². The van der Waals surface area contributed by atoms with Crippen molar-refractivity contribution in [3.63, 3.8) is 0 Å². The minimum atomic E-state index is -1.13. The van der Waals surface area contributed by atoms with E-state index in [0.29, 0.717) is 12.0 Å². The lowest BCUT2D eigenvalue weighted by Gasteiger charge is -2.24. The lowest BCUT2D eigenvalue weighted by Crippen LogP contribution is -2.34. The van der Waals surface area contributed by atoms with Gasteiger partial charge >= 0.3 is 0 Å². The summed E-state index contributed by atoms with van der Waals surface area (Å²) < 4.78 is 5.33. The molecule has 16 heavy (non-hydrogen) atoms. The third-order valence-corrected chi connectivity index (χ3v) is 2.67. The number of rotatable bonds is 2. The van der Waals surface area contributed by atoms with Crippen LogP contribution >= 0.6 is 0 Å². The highest BCUT2D eigenvalue weighted by molar-refractivity contribution is 6.01. The van der Waals surface area contributed by atoms with Crippen molar-refractivity contribution in [2.75, 3.05) is 0 Å². The molecule has 0 aromatic heterocycles. The molecule has 0 radical (unpaired) electrons. The van der Waals surface area contributed by atoms with Crippen LogP contribution in [0.3, 0.4) is 0 Å². The van der Waals surface area contributed by atoms with E-state index in [-0.39, 0.29) is 11.8 Å². The summed E-state index contributed by atoms with van der Waals surface area (Å²) in [5.41, 5.74) is 4.91. The van der Waals surface area contributed by atoms with Crippen LogP contribution < -0.4 is 5.73 Å². The number of carbonyl (C=O) groups excluding carboxylic acids is 1. The van der Waals surface area contributed by atoms with Crippen LogP contribution in [-0.4, -0.2) is 17.0 Å². The first-order valence-corrected chi connectivity index (χ1v) is 4.95. The monoisotopic (exact) mass is 220 g/mol. The second kappa shape index (κ2) is 3.52. The molecule has 1 atom stereocenters. The minimum absolute atomic E-state index is 0.111. The van der Waals surface area contributed by atoms with E-state index in [1.54, 1.807) is 12.1 Å². The van der Waals surface area contributed by atoms with E-state index in [4.69, 9.17) is 10.5 Å². The average Bonchev–Trinajstić information content (AvgIpc) is 2.55. The Morgan fingerprint density at radius 3 is 2.50 bits per heavy atom. The molecule has 1 amide bonds. The predicted octanol–water partition coefficient (Wildman–Crippen LogP) is 0.869. The summed E-state index contributed by atoms with van der Waals surface area (Å²) in [5, 5.41) is 9.19. The average molecular weight is 220 g/mol. The zero-order chi connectivity index (χ0) is 11.8. The Morgan fingerprint density at radius 2 is 2.06 bits per heavy atom. The lowest BCUT2D eigenvalue weighted by molar-refractivity contribution is -0.131. The van der Waals surface area contributed by atoms with Gasteiger partial charge in [0.1, 0.15) is 5.75 Å². The molecule has 3 N–H and O–H groups in total. The fraction of sp³-hybridized carbons (Fsp3) is 0.273. The zero-order valence-electron chi connectivity index (χ0n) is 8.80. The van der Waals surface area contributed by atoms with Gasteiger partial charge in [0.05, 0.1) is 0 Å². The number of aliphatic imine (C=N–C) groups is 1. The van der Waals surface area contributed by atoms with Crippen LogP contribution in [-0.2, 0) is 15.1 Å². The summed E-state index contributed by atoms with van der Waals surface area (Å²) in [6.45, 7) is 1.82. The maximum Gasteiger partial charge on any atom is 0.299 e. The number of nitrogens with zero attached hydrogens (tertiary/aromatic N) is 1. The maximum absolute atomic E-state index is 11.8. The predicted molar refractivity (Wildman–Crippen MR) is 57.8 cm³/mol. The Morgan fingerprint density at radius 1 is 1.44 bits per heavy atom. The van der Waals surface area contributed by atoms with Crippen LogP contribution in [0.15, 0.2) is 29.3 Å². The van der Waals surface area contributed by atoms with Crippen molar-refractivity contribution in [3.8, 4) is 5.75 Å². The molecule has 1 aliphatic heterocycles. The highest BCUT2D eigenvalue weighted by Crippen LogP contribution is 2.35. The molecular weight excluding hydrogens is 208 g/mol. The highest BCUT2D eigenvalue weighted by Gasteiger charge is 2.46. The highest BCUT2D eigenvalue weighted by atomic mass is 16.5. The Labute approximate surface area is 92.6 Å². The molecule has 1 aromatic carbocycles. The number of ether oxygens (including phenoxy) is 1. The molecule has 1 aliphatic rings. The molecule has 1 unspecified atom stereocenters. The Bertz CT molecular complexity index is 453. The summed E-state index contributed by atoms with van der Waals surface area (Å²) in [6, 6.07) is 6.14. The second-order valence-corrected chi connectivity index (χ2v) is 3.58. The summed E-state index contributed by atoms with van der Waals surface area (Å²) >= 11 is 0. The van der Waals surface area contributed by atoms with Crippen molar-refractivity contribution < 1.29 is 14.6 Å². The number of carbonyl (C=O) groups is 1. The third-order valence-electron chi connectivity index (χ3n) is 2.67. The molecule has 2 rings (SSSR count). The van der Waals surface area contributed by atoms with E-state index >= 15 is 0 Å². The van der Waals surface area contributed by atoms with Gasteiger partial charge in [-0.2, -0.15) is 4.99 Å². The summed E-state index contributed by atoms with van der Waals surface area (Å²) in [5.74, 6) is -0.271. The van der Waals surface area contributed by atoms with Crippen LogP contribution in [0.5, 0.6) is 5.75 Å². The number of amidine groups is 1. The van der Waals surface area contributed by atoms with Crippen molar-refractivity contribution in [2.45, 2.75) is 18.9 Å². The standard InChI is InChI=1S/C11H12N2O3/c1-2-11(9(15)13-10(12)16-11)7-3-5-8(14)6-4-7/h3-6,14H,2H2,1H3,(H2,12,13,15). The van der Waals surface area contributed by atoms with Gasteiger partial charge in [0, 0.05) is 5.56 Å². The minimum Gasteiger partial charge on any atom is -0.508 e. The number of nitrogens with two attached hydrogens (primary N) is 1. The Kier molecular flexibility index (Phi) is 2.30. The molecule has 0 bridgehead atoms. The van der Waals surface area contributed by atoms with Crippen LogP contribution in [0, 0.1) is 0 Å². The first-order valence-electron chi connectivity index (χ1n) is 4.95. The number of aromatic hydroxyl groups is 1. The molecule has 1 heterocycles. The van der Waals surface area contributed by atoms with Gasteiger partial charge in [-0.1, -0.05) is 19.1 Å². The third kappa shape index (κ3) is 1.41. The van der Waals surface area contributed by atoms with Crippen molar-refractivity contribution in [3.05, 3.63) is 29.8 Å². The fourth-order valence-corrected chi connectivity index (χ4v) is 1.78. The molecule has 0 spiro atoms. The van der Waals surface area contributed by atoms with Gasteiger partial charge in [-0.05, 0) is 18.6 Å². The van der Waals surface area contributed by atoms with E-state index in [9.17, 15) is 9.90 Å². The van der Waals surface area contributed by atoms with Gasteiger partial charge in [-0.3, -0.25) is 4.79 Å². The molecule has 84 valence electrons. The Hall–Kier alpha value is -2.04. The fourth-order valence-electron chi connectivity index (χ4n) is 1.78. The van der Waals surface area contributed by atoms with Gasteiger partial charge in [0.15, 0.2) is 0 Å². The van der Waals surface area contributed by atoms with Crippen LogP contribution in [0.25, 0.3) is 0 Å². The number of phenolic OH excluding ortho intramolecular Hbond substituents is 1. The SMILES string of the molecule is CCC1(c2ccc(O)cc2)OC(N)=NC1=O. The maximum atomic E-state index is 11.8. The molecule has 0 saturated heterocycles. The lowest BCUT2D eigenvalue weighted by atomic mass is 9.90. The molecule has 1 aromatic rings. The second-order valence-electron chi connectivity index (χ2n) is 3.58. The molecular formula is C11H12N2O3. The zero-order valence-corrected chi connectivity index (χ0v) is 8.80. The molecule has 0 fully saturated rings. The van der Waals surface area contributed by atoms with Crippen LogP contribution in [0.2, 0.25) is 0 Å². The van der Waals surface area contributed by atoms with Crippen molar-refractivity contribution in [1.82, 2.24) is 0 Å². The van der Waals surface area contributed by atoms with E-state index in [2.05, 4.69) is 4.99 Å². The largest absolute Gasteiger partial charge is 0.508 e. The van der Waals surface area contributed by atoms with Crippen LogP contribution in [0.4, 0.5) is 0 Å². The van der Waals surface area contributed by atoms with Crippen molar-refractivity contribution >= 4 is 11.9 Å². The van der Waals surface area contributed by atoms with Gasteiger partial charge < -0.3 is 15.6 Å². The number of benzene rings is 1. The number of hydrogen-bond acceptors (Lipinski definition) is 4. The van der Waals surface area contributed by atoms with Gasteiger partial charge in [0.25, 0.3) is 11.9 Å². The topological polar surface area (TPSA) is 84.9 Å². The molecule has 5 heteroatoms. The van der Waals surface area contributed by atoms with Crippen LogP contribution in [0.1, 0.15) is 18.9 Å². The van der Waals surface area contributed by atoms with E-state index in [1.165, 1.54) is 12.1 Å². The smallest absolute Gasteiger partial charge is 0.299 e. The number of amides is 1. The van der Waals surface area contributed by atoms with Gasteiger partial charge in [-0.25, -0.2) is 0 Å². The first-order chi connectivity index (χ1) is 7.58. The number of hydrogen-bond donors (Lipinski definition) is 2. The molecule has 0 saturated carbocycles. The first kappa shape index (κ1) is 10.5. The molecule has 5 nitrogen and oxygen atoms in total. The van der Waals surface area contributed by atoms with E-state index < -0.39 is 11.5 Å². The van der Waals surface area contributed by atoms with Gasteiger partial charge in [-0.15, -0.1) is 0 Å². The normalized spacial score (nSPS) is 24.1. The number of phenols is 1. The van der Waals surface area contributed by atoms with Crippen molar-refractivity contribution in [1.29, 1.82) is 0 Å². The summed E-state index contributed by atoms with van der Waals surface area (Å²) in [4.78, 5) is 15.4. The molecule has 0 aliphatic carbocycles. The Balaban J connectivity index is 2.44. The van der Waals surface area contributed by atoms with Crippen molar-refractivity contribution in [2.24, 2.45) is 10.7 Å². The summed E-state index contributed by atoms with van der Waals surface area (Å²) in [6.07, 6.45) is 0.431. The van der Waals surface area contributed by atoms with E-state index in [0.717, 1.165) is 0 Å². The summed E-state index contributed by atoms with van der Waals surface area (Å²) in [7, 11) is 0.